The van der Waals surface area contributed by atoms with Gasteiger partial charge >= 0.3 is 0 Å². The van der Waals surface area contributed by atoms with E-state index in [0.29, 0.717) is 25.7 Å². The van der Waals surface area contributed by atoms with Crippen molar-refractivity contribution in [2.45, 2.75) is 64.3 Å². The Kier molecular flexibility index (Phi) is 9.83. The second-order valence-electron chi connectivity index (χ2n) is 10.8. The molecule has 0 aliphatic heterocycles. The van der Waals surface area contributed by atoms with Crippen LogP contribution in [0.1, 0.15) is 56.6 Å². The first kappa shape index (κ1) is 27.7. The van der Waals surface area contributed by atoms with Gasteiger partial charge in [0.05, 0.1) is 12.6 Å². The van der Waals surface area contributed by atoms with Gasteiger partial charge in [0.15, 0.2) is 0 Å². The van der Waals surface area contributed by atoms with Gasteiger partial charge in [0.25, 0.3) is 0 Å². The van der Waals surface area contributed by atoms with Crippen LogP contribution in [0.25, 0.3) is 10.8 Å². The summed E-state index contributed by atoms with van der Waals surface area (Å²) in [6, 6.07) is 23.6. The number of hydrogen-bond donors (Lipinski definition) is 2. The van der Waals surface area contributed by atoms with Crippen LogP contribution in [0.3, 0.4) is 0 Å². The van der Waals surface area contributed by atoms with Gasteiger partial charge in [-0.3, -0.25) is 14.4 Å². The van der Waals surface area contributed by atoms with Gasteiger partial charge in [0.1, 0.15) is 11.6 Å². The molecule has 3 aromatic rings. The van der Waals surface area contributed by atoms with Crippen LogP contribution < -0.4 is 5.32 Å². The fourth-order valence-corrected chi connectivity index (χ4v) is 5.66. The average molecular weight is 514 g/mol. The molecule has 0 saturated heterocycles. The molecule has 0 bridgehead atoms. The van der Waals surface area contributed by atoms with E-state index >= 15 is 0 Å². The summed E-state index contributed by atoms with van der Waals surface area (Å²) in [5.74, 6) is -0.853. The Morgan fingerprint density at radius 2 is 1.68 bits per heavy atom. The lowest BCUT2D eigenvalue weighted by Crippen LogP contribution is -2.44. The highest BCUT2D eigenvalue weighted by Gasteiger charge is 2.30. The first-order valence-electron chi connectivity index (χ1n) is 13.9. The van der Waals surface area contributed by atoms with Crippen molar-refractivity contribution < 1.29 is 19.5 Å². The van der Waals surface area contributed by atoms with Crippen LogP contribution in [0.5, 0.6) is 0 Å². The number of Topliss-reactive ketones (excluding diaryl/α,β-unsaturated/α-hetero) is 2. The molecule has 0 unspecified atom stereocenters. The quantitative estimate of drug-likeness (QED) is 0.337. The molecule has 1 fully saturated rings. The zero-order valence-corrected chi connectivity index (χ0v) is 22.3. The molecule has 4 atom stereocenters. The van der Waals surface area contributed by atoms with Gasteiger partial charge in [-0.15, -0.1) is 0 Å². The molecule has 0 aromatic heterocycles. The van der Waals surface area contributed by atoms with Crippen molar-refractivity contribution in [2.24, 2.45) is 17.8 Å². The number of aliphatic hydroxyl groups excluding tert-OH is 1. The van der Waals surface area contributed by atoms with Gasteiger partial charge in [0, 0.05) is 30.6 Å². The molecule has 38 heavy (non-hydrogen) atoms. The molecule has 0 spiro atoms. The molecule has 3 aromatic carbocycles. The molecule has 0 heterocycles. The van der Waals surface area contributed by atoms with Crippen LogP contribution in [-0.4, -0.2) is 35.2 Å². The molecular weight excluding hydrogens is 474 g/mol. The zero-order valence-electron chi connectivity index (χ0n) is 22.3. The molecule has 1 amide bonds. The van der Waals surface area contributed by atoms with Crippen LogP contribution in [-0.2, 0) is 27.2 Å². The predicted molar refractivity (Wildman–Crippen MR) is 151 cm³/mol. The lowest BCUT2D eigenvalue weighted by molar-refractivity contribution is -0.132. The maximum atomic E-state index is 13.5. The first-order chi connectivity index (χ1) is 18.4. The summed E-state index contributed by atoms with van der Waals surface area (Å²) in [4.78, 5) is 39.2. The van der Waals surface area contributed by atoms with E-state index in [4.69, 9.17) is 0 Å². The number of nitrogens with one attached hydrogen (secondary N) is 1. The minimum Gasteiger partial charge on any atom is -0.394 e. The van der Waals surface area contributed by atoms with Crippen molar-refractivity contribution in [1.82, 2.24) is 5.32 Å². The van der Waals surface area contributed by atoms with E-state index in [-0.39, 0.29) is 42.3 Å². The number of carbonyl (C=O) groups excluding carboxylic acids is 3. The van der Waals surface area contributed by atoms with Crippen molar-refractivity contribution >= 4 is 28.2 Å². The van der Waals surface area contributed by atoms with Gasteiger partial charge in [-0.2, -0.15) is 0 Å². The highest BCUT2D eigenvalue weighted by Crippen LogP contribution is 2.26. The van der Waals surface area contributed by atoms with Gasteiger partial charge in [-0.25, -0.2) is 0 Å². The smallest absolute Gasteiger partial charge is 0.224 e. The summed E-state index contributed by atoms with van der Waals surface area (Å²) < 4.78 is 0. The lowest BCUT2D eigenvalue weighted by atomic mass is 9.83. The normalized spacial score (nSPS) is 18.1. The van der Waals surface area contributed by atoms with Crippen LogP contribution in [0, 0.1) is 17.8 Å². The second kappa shape index (κ2) is 13.5. The third-order valence-corrected chi connectivity index (χ3v) is 7.92. The number of fused-ring (bicyclic) bond motifs is 1. The molecule has 1 aliphatic carbocycles. The van der Waals surface area contributed by atoms with Gasteiger partial charge in [0.2, 0.25) is 5.91 Å². The fourth-order valence-electron chi connectivity index (χ4n) is 5.66. The van der Waals surface area contributed by atoms with Gasteiger partial charge < -0.3 is 10.4 Å². The van der Waals surface area contributed by atoms with E-state index in [9.17, 15) is 19.5 Å². The Morgan fingerprint density at radius 3 is 2.45 bits per heavy atom. The summed E-state index contributed by atoms with van der Waals surface area (Å²) in [7, 11) is 0. The number of ketones is 2. The average Bonchev–Trinajstić information content (AvgIpc) is 2.94. The van der Waals surface area contributed by atoms with E-state index in [0.717, 1.165) is 41.2 Å². The molecule has 5 nitrogen and oxygen atoms in total. The molecule has 2 N–H and O–H groups in total. The van der Waals surface area contributed by atoms with E-state index in [1.165, 1.54) is 0 Å². The number of hydrogen-bond acceptors (Lipinski definition) is 4. The van der Waals surface area contributed by atoms with Crippen molar-refractivity contribution in [3.8, 4) is 0 Å². The van der Waals surface area contributed by atoms with E-state index in [1.807, 2.05) is 55.5 Å². The molecule has 200 valence electrons. The molecular formula is C33H39NO4. The van der Waals surface area contributed by atoms with Crippen molar-refractivity contribution in [3.63, 3.8) is 0 Å². The largest absolute Gasteiger partial charge is 0.394 e. The molecule has 5 heteroatoms. The fraction of sp³-hybridized carbons (Fsp3) is 0.424. The molecule has 0 radical (unpaired) electrons. The van der Waals surface area contributed by atoms with Crippen LogP contribution in [0.4, 0.5) is 0 Å². The third kappa shape index (κ3) is 7.38. The van der Waals surface area contributed by atoms with Crippen molar-refractivity contribution in [2.75, 3.05) is 6.61 Å². The summed E-state index contributed by atoms with van der Waals surface area (Å²) >= 11 is 0. The number of benzene rings is 3. The highest BCUT2D eigenvalue weighted by atomic mass is 16.3. The summed E-state index contributed by atoms with van der Waals surface area (Å²) in [6.45, 7) is 1.71. The lowest BCUT2D eigenvalue weighted by Gasteiger charge is -2.27. The molecule has 4 rings (SSSR count). The Hall–Kier alpha value is -3.31. The third-order valence-electron chi connectivity index (χ3n) is 7.92. The SMILES string of the molecule is C[C@@H](Cc1cccc2ccccc12)C(=O)C[C@@H](Cc1ccccc1)C(=O)N[C@H](CO)C[C@@H]1CCCCC1=O. The molecule has 1 aliphatic rings. The predicted octanol–water partition coefficient (Wildman–Crippen LogP) is 5.46. The Bertz CT molecular complexity index is 1230. The van der Waals surface area contributed by atoms with Crippen LogP contribution in [0.2, 0.25) is 0 Å². The number of amides is 1. The van der Waals surface area contributed by atoms with Crippen molar-refractivity contribution in [1.29, 1.82) is 0 Å². The highest BCUT2D eigenvalue weighted by molar-refractivity contribution is 5.90. The second-order valence-corrected chi connectivity index (χ2v) is 10.8. The Balaban J connectivity index is 1.45. The first-order valence-corrected chi connectivity index (χ1v) is 13.9. The topological polar surface area (TPSA) is 83.5 Å². The number of carbonyl (C=O) groups is 3. The minimum absolute atomic E-state index is 0.0528. The zero-order chi connectivity index (χ0) is 26.9. The van der Waals surface area contributed by atoms with Gasteiger partial charge in [-0.1, -0.05) is 86.1 Å². The minimum atomic E-state index is -0.545. The summed E-state index contributed by atoms with van der Waals surface area (Å²) in [5, 5.41) is 15.3. The van der Waals surface area contributed by atoms with Crippen LogP contribution >= 0.6 is 0 Å². The van der Waals surface area contributed by atoms with Crippen molar-refractivity contribution in [3.05, 3.63) is 83.9 Å². The van der Waals surface area contributed by atoms with E-state index in [1.54, 1.807) is 0 Å². The molecule has 1 saturated carbocycles. The Labute approximate surface area is 225 Å². The summed E-state index contributed by atoms with van der Waals surface area (Å²) in [6.07, 6.45) is 4.95. The van der Waals surface area contributed by atoms with Crippen LogP contribution in [0.15, 0.2) is 72.8 Å². The number of rotatable bonds is 12. The van der Waals surface area contributed by atoms with E-state index in [2.05, 4.69) is 29.6 Å². The van der Waals surface area contributed by atoms with Gasteiger partial charge in [-0.05, 0) is 54.0 Å². The standard InChI is InChI=1S/C33H39NO4/c1-23(18-26-15-9-14-25-12-5-7-16-30(25)26)32(37)21-28(19-24-10-3-2-4-11-24)33(38)34-29(22-35)20-27-13-6-8-17-31(27)36/h2-5,7,9-12,14-16,23,27-29,35H,6,8,13,17-22H2,1H3,(H,34,38)/t23-,27-,28+,29-/m0/s1. The maximum absolute atomic E-state index is 13.5. The monoisotopic (exact) mass is 513 g/mol. The summed E-state index contributed by atoms with van der Waals surface area (Å²) in [5.41, 5.74) is 2.12. The Morgan fingerprint density at radius 1 is 0.947 bits per heavy atom. The maximum Gasteiger partial charge on any atom is 0.224 e. The van der Waals surface area contributed by atoms with E-state index < -0.39 is 12.0 Å². The number of aliphatic hydroxyl groups is 1.